The molecule has 8 heteroatoms. The van der Waals surface area contributed by atoms with E-state index in [4.69, 9.17) is 9.26 Å². The smallest absolute Gasteiger partial charge is 0.339 e. The minimum Gasteiger partial charge on any atom is -0.452 e. The maximum absolute atomic E-state index is 12.9. The third kappa shape index (κ3) is 4.80. The van der Waals surface area contributed by atoms with Gasteiger partial charge in [-0.3, -0.25) is 4.79 Å². The highest BCUT2D eigenvalue weighted by atomic mass is 32.2. The zero-order valence-corrected chi connectivity index (χ0v) is 18.2. The summed E-state index contributed by atoms with van der Waals surface area (Å²) in [6, 6.07) is 15.0. The van der Waals surface area contributed by atoms with Crippen molar-refractivity contribution < 1.29 is 18.8 Å². The third-order valence-corrected chi connectivity index (χ3v) is 6.20. The molecule has 0 aliphatic carbocycles. The Bertz CT molecular complexity index is 1100. The zero-order valence-electron chi connectivity index (χ0n) is 17.4. The Balaban J connectivity index is 1.42. The first kappa shape index (κ1) is 21.1. The number of carbonyl (C=O) groups is 2. The fourth-order valence-corrected chi connectivity index (χ4v) is 4.52. The Hall–Kier alpha value is -3.13. The van der Waals surface area contributed by atoms with E-state index in [-0.39, 0.29) is 18.6 Å². The van der Waals surface area contributed by atoms with Gasteiger partial charge in [-0.25, -0.2) is 4.79 Å². The Kier molecular flexibility index (Phi) is 6.36. The quantitative estimate of drug-likeness (QED) is 0.422. The molecular weight excluding hydrogens is 414 g/mol. The number of hydrogen-bond donors (Lipinski definition) is 0. The summed E-state index contributed by atoms with van der Waals surface area (Å²) in [5.41, 5.74) is 2.44. The van der Waals surface area contributed by atoms with Crippen molar-refractivity contribution in [1.82, 2.24) is 10.1 Å². The van der Waals surface area contributed by atoms with Gasteiger partial charge in [0, 0.05) is 16.6 Å². The van der Waals surface area contributed by atoms with Crippen molar-refractivity contribution in [1.29, 1.82) is 0 Å². The monoisotopic (exact) mass is 437 g/mol. The Morgan fingerprint density at radius 1 is 1.19 bits per heavy atom. The first-order chi connectivity index (χ1) is 15.0. The van der Waals surface area contributed by atoms with E-state index in [1.165, 1.54) is 11.8 Å². The van der Waals surface area contributed by atoms with E-state index < -0.39 is 5.97 Å². The molecule has 0 fully saturated rings. The number of aryl methyl sites for hydroxylation is 2. The van der Waals surface area contributed by atoms with Gasteiger partial charge in [0.25, 0.3) is 5.91 Å². The standard InChI is InChI=1S/C23H23N3O4S/c1-15-11-12-17-7-3-5-9-19(17)26(15)22(27)13-29-23(28)18-8-4-6-10-20(18)31-14-21-24-16(2)25-30-21/h3-10,15H,11-14H2,1-2H3. The van der Waals surface area contributed by atoms with Crippen molar-refractivity contribution in [2.24, 2.45) is 0 Å². The maximum Gasteiger partial charge on any atom is 0.339 e. The molecule has 0 N–H and O–H groups in total. The van der Waals surface area contributed by atoms with E-state index >= 15 is 0 Å². The summed E-state index contributed by atoms with van der Waals surface area (Å²) in [5.74, 6) is 0.732. The van der Waals surface area contributed by atoms with Crippen LogP contribution in [0.1, 0.15) is 41.0 Å². The number of carbonyl (C=O) groups excluding carboxylic acids is 2. The van der Waals surface area contributed by atoms with Crippen molar-refractivity contribution in [2.45, 2.75) is 43.4 Å². The molecule has 0 spiro atoms. The number of fused-ring (bicyclic) bond motifs is 1. The van der Waals surface area contributed by atoms with Crippen molar-refractivity contribution in [3.05, 3.63) is 71.4 Å². The van der Waals surface area contributed by atoms with Gasteiger partial charge >= 0.3 is 5.97 Å². The van der Waals surface area contributed by atoms with Crippen LogP contribution in [-0.4, -0.2) is 34.7 Å². The molecule has 2 heterocycles. The van der Waals surface area contributed by atoms with Crippen LogP contribution in [0.5, 0.6) is 0 Å². The zero-order chi connectivity index (χ0) is 21.8. The fourth-order valence-electron chi connectivity index (χ4n) is 3.64. The van der Waals surface area contributed by atoms with Crippen LogP contribution in [0.4, 0.5) is 5.69 Å². The predicted molar refractivity (Wildman–Crippen MR) is 117 cm³/mol. The van der Waals surface area contributed by atoms with E-state index in [0.29, 0.717) is 23.0 Å². The summed E-state index contributed by atoms with van der Waals surface area (Å²) in [4.78, 5) is 32.3. The maximum atomic E-state index is 12.9. The largest absolute Gasteiger partial charge is 0.452 e. The number of rotatable bonds is 6. The molecule has 1 aromatic heterocycles. The van der Waals surface area contributed by atoms with E-state index in [1.807, 2.05) is 43.3 Å². The van der Waals surface area contributed by atoms with Gasteiger partial charge < -0.3 is 14.2 Å². The lowest BCUT2D eigenvalue weighted by Crippen LogP contribution is -2.44. The SMILES string of the molecule is Cc1noc(CSc2ccccc2C(=O)OCC(=O)N2c3ccccc3CCC2C)n1. The van der Waals surface area contributed by atoms with Crippen molar-refractivity contribution in [3.63, 3.8) is 0 Å². The van der Waals surface area contributed by atoms with Crippen LogP contribution in [0.25, 0.3) is 0 Å². The molecule has 4 rings (SSSR count). The van der Waals surface area contributed by atoms with Gasteiger partial charge in [-0.05, 0) is 50.5 Å². The Morgan fingerprint density at radius 2 is 1.97 bits per heavy atom. The van der Waals surface area contributed by atoms with E-state index in [0.717, 1.165) is 29.0 Å². The van der Waals surface area contributed by atoms with E-state index in [2.05, 4.69) is 10.1 Å². The number of amides is 1. The van der Waals surface area contributed by atoms with E-state index in [1.54, 1.807) is 24.0 Å². The molecule has 1 amide bonds. The number of para-hydroxylation sites is 1. The number of hydrogen-bond acceptors (Lipinski definition) is 7. The second-order valence-corrected chi connectivity index (χ2v) is 8.39. The van der Waals surface area contributed by atoms with Crippen LogP contribution in [-0.2, 0) is 21.7 Å². The summed E-state index contributed by atoms with van der Waals surface area (Å²) in [6.45, 7) is 3.46. The molecule has 1 unspecified atom stereocenters. The van der Waals surface area contributed by atoms with Crippen LogP contribution in [0.3, 0.4) is 0 Å². The second kappa shape index (κ2) is 9.34. The molecule has 2 aromatic carbocycles. The Labute approximate surface area is 184 Å². The molecule has 160 valence electrons. The highest BCUT2D eigenvalue weighted by Crippen LogP contribution is 2.31. The van der Waals surface area contributed by atoms with Crippen molar-refractivity contribution in [3.8, 4) is 0 Å². The molecule has 1 aliphatic heterocycles. The molecular formula is C23H23N3O4S. The predicted octanol–water partition coefficient (Wildman–Crippen LogP) is 4.20. The van der Waals surface area contributed by atoms with Gasteiger partial charge in [0.05, 0.1) is 11.3 Å². The molecule has 1 atom stereocenters. The van der Waals surface area contributed by atoms with Gasteiger partial charge in [0.2, 0.25) is 5.89 Å². The second-order valence-electron chi connectivity index (χ2n) is 7.38. The summed E-state index contributed by atoms with van der Waals surface area (Å²) < 4.78 is 10.5. The highest BCUT2D eigenvalue weighted by Gasteiger charge is 2.28. The molecule has 3 aromatic rings. The van der Waals surface area contributed by atoms with Crippen LogP contribution in [0.15, 0.2) is 57.9 Å². The molecule has 31 heavy (non-hydrogen) atoms. The normalized spacial score (nSPS) is 15.4. The van der Waals surface area contributed by atoms with Gasteiger partial charge in [-0.1, -0.05) is 35.5 Å². The lowest BCUT2D eigenvalue weighted by Gasteiger charge is -2.35. The first-order valence-corrected chi connectivity index (χ1v) is 11.1. The fraction of sp³-hybridized carbons (Fsp3) is 0.304. The number of nitrogens with zero attached hydrogens (tertiary/aromatic N) is 3. The van der Waals surface area contributed by atoms with Gasteiger partial charge in [0.1, 0.15) is 0 Å². The number of aromatic nitrogens is 2. The average molecular weight is 438 g/mol. The number of ether oxygens (including phenoxy) is 1. The molecule has 1 aliphatic rings. The average Bonchev–Trinajstić information content (AvgIpc) is 3.21. The van der Waals surface area contributed by atoms with Crippen LogP contribution in [0, 0.1) is 6.92 Å². The first-order valence-electron chi connectivity index (χ1n) is 10.1. The lowest BCUT2D eigenvalue weighted by atomic mass is 9.96. The number of anilines is 1. The molecule has 0 saturated heterocycles. The number of benzene rings is 2. The molecule has 0 bridgehead atoms. The van der Waals surface area contributed by atoms with Crippen LogP contribution in [0.2, 0.25) is 0 Å². The Morgan fingerprint density at radius 3 is 2.77 bits per heavy atom. The minimum atomic E-state index is -0.531. The molecule has 0 radical (unpaired) electrons. The summed E-state index contributed by atoms with van der Waals surface area (Å²) >= 11 is 1.40. The number of esters is 1. The van der Waals surface area contributed by atoms with Crippen molar-refractivity contribution in [2.75, 3.05) is 11.5 Å². The summed E-state index contributed by atoms with van der Waals surface area (Å²) in [6.07, 6.45) is 1.82. The van der Waals surface area contributed by atoms with E-state index in [9.17, 15) is 9.59 Å². The lowest BCUT2D eigenvalue weighted by molar-refractivity contribution is -0.122. The van der Waals surface area contributed by atoms with Gasteiger partial charge in [-0.15, -0.1) is 11.8 Å². The number of thioether (sulfide) groups is 1. The summed E-state index contributed by atoms with van der Waals surface area (Å²) in [5, 5.41) is 3.77. The molecule has 7 nitrogen and oxygen atoms in total. The summed E-state index contributed by atoms with van der Waals surface area (Å²) in [7, 11) is 0. The van der Waals surface area contributed by atoms with Crippen molar-refractivity contribution >= 4 is 29.3 Å². The highest BCUT2D eigenvalue weighted by molar-refractivity contribution is 7.98. The van der Waals surface area contributed by atoms with Crippen LogP contribution >= 0.6 is 11.8 Å². The minimum absolute atomic E-state index is 0.0572. The van der Waals surface area contributed by atoms with Gasteiger partial charge in [-0.2, -0.15) is 4.98 Å². The topological polar surface area (TPSA) is 85.5 Å². The van der Waals surface area contributed by atoms with Crippen LogP contribution < -0.4 is 4.90 Å². The molecule has 0 saturated carbocycles. The van der Waals surface area contributed by atoms with Gasteiger partial charge in [0.15, 0.2) is 12.4 Å². The third-order valence-electron chi connectivity index (χ3n) is 5.15.